The third-order valence-corrected chi connectivity index (χ3v) is 6.57. The molecule has 0 spiro atoms. The summed E-state index contributed by atoms with van der Waals surface area (Å²) in [6.07, 6.45) is 0. The fourth-order valence-electron chi connectivity index (χ4n) is 2.91. The highest BCUT2D eigenvalue weighted by Gasteiger charge is 2.21. The van der Waals surface area contributed by atoms with Crippen LogP contribution in [0.2, 0.25) is 0 Å². The third-order valence-electron chi connectivity index (χ3n) is 4.59. The van der Waals surface area contributed by atoms with Crippen molar-refractivity contribution in [1.82, 2.24) is 20.0 Å². The van der Waals surface area contributed by atoms with Gasteiger partial charge in [0.05, 0.1) is 22.8 Å². The number of benzene rings is 2. The van der Waals surface area contributed by atoms with E-state index in [0.29, 0.717) is 21.0 Å². The molecule has 0 bridgehead atoms. The molecule has 0 radical (unpaired) electrons. The molecule has 2 N–H and O–H groups in total. The first-order chi connectivity index (χ1) is 15.8. The van der Waals surface area contributed by atoms with Crippen LogP contribution in [-0.4, -0.2) is 31.6 Å². The number of hydrogen-bond donors (Lipinski definition) is 2. The van der Waals surface area contributed by atoms with Gasteiger partial charge < -0.3 is 10.6 Å². The topological polar surface area (TPSA) is 84.7 Å². The average molecular weight is 483 g/mol. The van der Waals surface area contributed by atoms with Crippen molar-refractivity contribution in [2.24, 2.45) is 0 Å². The first-order valence-corrected chi connectivity index (χ1v) is 12.0. The Bertz CT molecular complexity index is 1250. The van der Waals surface area contributed by atoms with Gasteiger partial charge in [-0.15, -0.1) is 10.2 Å². The van der Waals surface area contributed by atoms with Crippen molar-refractivity contribution in [2.75, 3.05) is 16.4 Å². The SMILES string of the molecule is CC(C)(C)c1cc(NC(=O)CSc2nnc(Nc3ccccc3F)s2)n(-c2ccccc2)n1. The molecular weight excluding hydrogens is 459 g/mol. The normalized spacial score (nSPS) is 11.4. The van der Waals surface area contributed by atoms with Gasteiger partial charge in [0.2, 0.25) is 11.0 Å². The van der Waals surface area contributed by atoms with Crippen molar-refractivity contribution in [3.05, 3.63) is 72.2 Å². The van der Waals surface area contributed by atoms with Gasteiger partial charge in [-0.2, -0.15) is 5.10 Å². The summed E-state index contributed by atoms with van der Waals surface area (Å²) in [7, 11) is 0. The monoisotopic (exact) mass is 482 g/mol. The maximum Gasteiger partial charge on any atom is 0.235 e. The zero-order valence-electron chi connectivity index (χ0n) is 18.4. The average Bonchev–Trinajstić information content (AvgIpc) is 3.41. The van der Waals surface area contributed by atoms with Gasteiger partial charge in [0.25, 0.3) is 0 Å². The molecule has 0 aliphatic carbocycles. The quantitative estimate of drug-likeness (QED) is 0.332. The number of halogens is 1. The van der Waals surface area contributed by atoms with Gasteiger partial charge in [0.1, 0.15) is 11.6 Å². The molecule has 0 atom stereocenters. The van der Waals surface area contributed by atoms with Gasteiger partial charge in [0, 0.05) is 11.5 Å². The smallest absolute Gasteiger partial charge is 0.235 e. The van der Waals surface area contributed by atoms with Gasteiger partial charge in [-0.25, -0.2) is 9.07 Å². The number of anilines is 3. The highest BCUT2D eigenvalue weighted by atomic mass is 32.2. The van der Waals surface area contributed by atoms with Crippen molar-refractivity contribution < 1.29 is 9.18 Å². The van der Waals surface area contributed by atoms with Crippen LogP contribution in [0.3, 0.4) is 0 Å². The van der Waals surface area contributed by atoms with Crippen molar-refractivity contribution >= 4 is 45.6 Å². The number of carbonyl (C=O) groups excluding carboxylic acids is 1. The Labute approximate surface area is 199 Å². The fraction of sp³-hybridized carbons (Fsp3) is 0.217. The number of nitrogens with one attached hydrogen (secondary N) is 2. The van der Waals surface area contributed by atoms with Crippen LogP contribution in [0.15, 0.2) is 65.0 Å². The lowest BCUT2D eigenvalue weighted by molar-refractivity contribution is -0.113. The molecule has 4 aromatic rings. The minimum Gasteiger partial charge on any atom is -0.328 e. The van der Waals surface area contributed by atoms with Crippen LogP contribution in [0.1, 0.15) is 26.5 Å². The van der Waals surface area contributed by atoms with E-state index in [1.165, 1.54) is 29.2 Å². The maximum atomic E-state index is 13.8. The third kappa shape index (κ3) is 5.77. The summed E-state index contributed by atoms with van der Waals surface area (Å²) < 4.78 is 16.2. The van der Waals surface area contributed by atoms with Crippen LogP contribution in [0, 0.1) is 5.82 Å². The first-order valence-electron chi connectivity index (χ1n) is 10.2. The number of amides is 1. The van der Waals surface area contributed by atoms with Crippen molar-refractivity contribution in [2.45, 2.75) is 30.5 Å². The molecule has 10 heteroatoms. The highest BCUT2D eigenvalue weighted by Crippen LogP contribution is 2.29. The van der Waals surface area contributed by atoms with E-state index in [1.54, 1.807) is 22.9 Å². The Morgan fingerprint density at radius 1 is 1.09 bits per heavy atom. The number of para-hydroxylation sites is 2. The van der Waals surface area contributed by atoms with Crippen LogP contribution in [-0.2, 0) is 10.2 Å². The second kappa shape index (κ2) is 9.72. The molecule has 33 heavy (non-hydrogen) atoms. The maximum absolute atomic E-state index is 13.8. The lowest BCUT2D eigenvalue weighted by Gasteiger charge is -2.14. The number of carbonyl (C=O) groups is 1. The molecule has 0 saturated carbocycles. The van der Waals surface area contributed by atoms with Crippen LogP contribution in [0.4, 0.5) is 21.0 Å². The minimum absolute atomic E-state index is 0.152. The summed E-state index contributed by atoms with van der Waals surface area (Å²) in [6.45, 7) is 6.23. The van der Waals surface area contributed by atoms with Gasteiger partial charge in [-0.05, 0) is 24.3 Å². The molecule has 0 saturated heterocycles. The highest BCUT2D eigenvalue weighted by molar-refractivity contribution is 8.01. The molecule has 2 heterocycles. The van der Waals surface area contributed by atoms with Crippen molar-refractivity contribution in [3.63, 3.8) is 0 Å². The van der Waals surface area contributed by atoms with Gasteiger partial charge in [0.15, 0.2) is 4.34 Å². The Morgan fingerprint density at radius 3 is 2.55 bits per heavy atom. The molecule has 170 valence electrons. The van der Waals surface area contributed by atoms with Crippen LogP contribution in [0.5, 0.6) is 0 Å². The molecule has 1 amide bonds. The molecule has 0 unspecified atom stereocenters. The Kier molecular flexibility index (Phi) is 6.75. The van der Waals surface area contributed by atoms with Crippen LogP contribution in [0.25, 0.3) is 5.69 Å². The summed E-state index contributed by atoms with van der Waals surface area (Å²) in [4.78, 5) is 12.7. The van der Waals surface area contributed by atoms with E-state index in [-0.39, 0.29) is 22.9 Å². The number of rotatable bonds is 7. The second-order valence-corrected chi connectivity index (χ2v) is 10.4. The predicted molar refractivity (Wildman–Crippen MR) is 131 cm³/mol. The summed E-state index contributed by atoms with van der Waals surface area (Å²) in [5, 5.41) is 19.1. The molecule has 0 aliphatic heterocycles. The molecule has 2 aromatic heterocycles. The van der Waals surface area contributed by atoms with Crippen LogP contribution < -0.4 is 10.6 Å². The Morgan fingerprint density at radius 2 is 1.82 bits per heavy atom. The van der Waals surface area contributed by atoms with E-state index in [0.717, 1.165) is 11.4 Å². The van der Waals surface area contributed by atoms with E-state index < -0.39 is 0 Å². The summed E-state index contributed by atoms with van der Waals surface area (Å²) in [5.41, 5.74) is 1.90. The zero-order valence-corrected chi connectivity index (χ0v) is 20.0. The van der Waals surface area contributed by atoms with Gasteiger partial charge >= 0.3 is 0 Å². The standard InChI is InChI=1S/C23H23FN6OS2/c1-23(2,3)18-13-19(30(29-18)15-9-5-4-6-10-15)26-20(31)14-32-22-28-27-21(33-22)25-17-12-8-7-11-16(17)24/h4-13H,14H2,1-3H3,(H,25,27)(H,26,31). The first kappa shape index (κ1) is 22.9. The van der Waals surface area contributed by atoms with E-state index in [4.69, 9.17) is 5.10 Å². The second-order valence-electron chi connectivity index (χ2n) is 8.23. The molecular formula is C23H23FN6OS2. The van der Waals surface area contributed by atoms with Gasteiger partial charge in [-0.1, -0.05) is 74.2 Å². The van der Waals surface area contributed by atoms with E-state index in [9.17, 15) is 9.18 Å². The summed E-state index contributed by atoms with van der Waals surface area (Å²) in [6, 6.07) is 17.9. The summed E-state index contributed by atoms with van der Waals surface area (Å²) >= 11 is 2.52. The zero-order chi connectivity index (χ0) is 23.4. The molecule has 0 aliphatic rings. The predicted octanol–water partition coefficient (Wildman–Crippen LogP) is 5.63. The van der Waals surface area contributed by atoms with E-state index in [1.807, 2.05) is 36.4 Å². The Balaban J connectivity index is 1.42. The fourth-order valence-corrected chi connectivity index (χ4v) is 4.47. The molecule has 7 nitrogen and oxygen atoms in total. The molecule has 0 fully saturated rings. The number of hydrogen-bond acceptors (Lipinski definition) is 7. The lowest BCUT2D eigenvalue weighted by Crippen LogP contribution is -2.16. The van der Waals surface area contributed by atoms with Crippen LogP contribution >= 0.6 is 23.1 Å². The molecule has 4 rings (SSSR count). The van der Waals surface area contributed by atoms with Crippen molar-refractivity contribution in [3.8, 4) is 5.69 Å². The minimum atomic E-state index is -0.370. The number of nitrogens with zero attached hydrogens (tertiary/aromatic N) is 4. The van der Waals surface area contributed by atoms with E-state index in [2.05, 4.69) is 41.6 Å². The largest absolute Gasteiger partial charge is 0.328 e. The Hall–Kier alpha value is -3.24. The number of thioether (sulfide) groups is 1. The molecule has 2 aromatic carbocycles. The van der Waals surface area contributed by atoms with E-state index >= 15 is 0 Å². The van der Waals surface area contributed by atoms with Gasteiger partial charge in [-0.3, -0.25) is 4.79 Å². The lowest BCUT2D eigenvalue weighted by atomic mass is 9.92. The number of aromatic nitrogens is 4. The van der Waals surface area contributed by atoms with Crippen molar-refractivity contribution in [1.29, 1.82) is 0 Å². The summed E-state index contributed by atoms with van der Waals surface area (Å²) in [5.74, 6) is 0.206.